The highest BCUT2D eigenvalue weighted by Crippen LogP contribution is 2.25. The first-order valence-electron chi connectivity index (χ1n) is 13.4. The van der Waals surface area contributed by atoms with E-state index < -0.39 is 52.6 Å². The molecule has 0 atom stereocenters. The number of esters is 4. The minimum atomic E-state index is -2.27. The number of anilines is 1. The molecule has 2 rings (SSSR count). The Kier molecular flexibility index (Phi) is 14.3. The number of hydrogen-bond acceptors (Lipinski definition) is 13. The number of carbonyl (C=O) groups is 6. The van der Waals surface area contributed by atoms with E-state index >= 15 is 0 Å². The van der Waals surface area contributed by atoms with Gasteiger partial charge in [0.05, 0.1) is 55.9 Å². The van der Waals surface area contributed by atoms with Crippen molar-refractivity contribution >= 4 is 41.4 Å². The number of hydrogen-bond donors (Lipinski definition) is 3. The molecule has 0 aromatic carbocycles. The van der Waals surface area contributed by atoms with E-state index in [0.29, 0.717) is 5.69 Å². The van der Waals surface area contributed by atoms with E-state index in [4.69, 9.17) is 24.7 Å². The van der Waals surface area contributed by atoms with E-state index in [1.165, 1.54) is 25.3 Å². The Morgan fingerprint density at radius 2 is 1.00 bits per heavy atom. The quantitative estimate of drug-likeness (QED) is 0.170. The summed E-state index contributed by atoms with van der Waals surface area (Å²) in [4.78, 5) is 80.2. The zero-order valence-electron chi connectivity index (χ0n) is 25.2. The fraction of sp³-hybridized carbons (Fsp3) is 0.429. The third-order valence-electron chi connectivity index (χ3n) is 5.34. The number of pyridine rings is 2. The van der Waals surface area contributed by atoms with Crippen molar-refractivity contribution in [2.24, 2.45) is 0 Å². The Labute approximate surface area is 253 Å². The lowest BCUT2D eigenvalue weighted by Gasteiger charge is -2.29. The summed E-state index contributed by atoms with van der Waals surface area (Å²) < 4.78 is 32.7. The maximum absolute atomic E-state index is 13.1. The molecule has 0 spiro atoms. The Morgan fingerprint density at radius 3 is 1.25 bits per heavy atom. The second-order valence-electron chi connectivity index (χ2n) is 8.58. The Morgan fingerprint density at radius 1 is 0.659 bits per heavy atom. The number of ether oxygens (including phenoxy) is 4. The fourth-order valence-corrected chi connectivity index (χ4v) is 3.63. The third kappa shape index (κ3) is 8.92. The van der Waals surface area contributed by atoms with Crippen LogP contribution in [0, 0.1) is 5.82 Å². The Hall–Kier alpha value is -5.15. The highest BCUT2D eigenvalue weighted by Gasteiger charge is 2.54. The molecule has 0 saturated carbocycles. The van der Waals surface area contributed by atoms with Crippen LogP contribution in [0.3, 0.4) is 0 Å². The average Bonchev–Trinajstić information content (AvgIpc) is 2.96. The van der Waals surface area contributed by atoms with E-state index in [-0.39, 0.29) is 37.8 Å². The van der Waals surface area contributed by atoms with Crippen LogP contribution >= 0.6 is 0 Å². The Bertz CT molecular complexity index is 1180. The maximum atomic E-state index is 13.1. The van der Waals surface area contributed by atoms with Crippen LogP contribution in [-0.4, -0.2) is 72.1 Å². The van der Waals surface area contributed by atoms with Gasteiger partial charge in [0.15, 0.2) is 0 Å². The van der Waals surface area contributed by atoms with Crippen molar-refractivity contribution in [1.82, 2.24) is 20.6 Å². The number of halogens is 1. The number of nitrogen functional groups attached to an aromatic ring is 1. The number of nitrogens with one attached hydrogen (secondary N) is 2. The molecule has 0 unspecified atom stereocenters. The Balaban J connectivity index is 0.000000440. The topological polar surface area (TPSA) is 215 Å². The van der Waals surface area contributed by atoms with Crippen LogP contribution in [0.4, 0.5) is 10.1 Å². The van der Waals surface area contributed by atoms with Crippen LogP contribution in [0.25, 0.3) is 0 Å². The molecule has 4 N–H and O–H groups in total. The van der Waals surface area contributed by atoms with Gasteiger partial charge in [-0.2, -0.15) is 0 Å². The second kappa shape index (κ2) is 17.1. The molecule has 44 heavy (non-hydrogen) atoms. The van der Waals surface area contributed by atoms with Crippen LogP contribution in [0.1, 0.15) is 52.9 Å². The molecule has 15 nitrogen and oxygen atoms in total. The van der Waals surface area contributed by atoms with Gasteiger partial charge in [-0.3, -0.25) is 19.6 Å². The number of nitrogens with zero attached hydrogens (tertiary/aromatic N) is 2. The normalized spacial score (nSPS) is 10.7. The van der Waals surface area contributed by atoms with Gasteiger partial charge in [-0.05, 0) is 52.0 Å². The molecule has 0 aliphatic heterocycles. The van der Waals surface area contributed by atoms with E-state index in [9.17, 15) is 33.2 Å². The maximum Gasteiger partial charge on any atom is 0.350 e. The predicted octanol–water partition coefficient (Wildman–Crippen LogP) is 0.800. The van der Waals surface area contributed by atoms with E-state index in [1.54, 1.807) is 27.7 Å². The monoisotopic (exact) mass is 621 g/mol. The number of amides is 2. The molecule has 2 aromatic rings. The average molecular weight is 622 g/mol. The molecular weight excluding hydrogens is 585 g/mol. The van der Waals surface area contributed by atoms with Gasteiger partial charge >= 0.3 is 23.9 Å². The largest absolute Gasteiger partial charge is 0.463 e. The van der Waals surface area contributed by atoms with E-state index in [0.717, 1.165) is 25.3 Å². The number of carbonyl (C=O) groups excluding carboxylic acids is 6. The van der Waals surface area contributed by atoms with Crippen molar-refractivity contribution in [3.05, 3.63) is 53.9 Å². The summed E-state index contributed by atoms with van der Waals surface area (Å²) in [6.07, 6.45) is 2.09. The molecule has 0 radical (unpaired) electrons. The summed E-state index contributed by atoms with van der Waals surface area (Å²) in [7, 11) is 0. The zero-order valence-corrected chi connectivity index (χ0v) is 25.2. The summed E-state index contributed by atoms with van der Waals surface area (Å²) in [5.41, 5.74) is 1.24. The van der Waals surface area contributed by atoms with Crippen LogP contribution in [0.15, 0.2) is 36.7 Å². The van der Waals surface area contributed by atoms with Crippen LogP contribution in [0.2, 0.25) is 0 Å². The highest BCUT2D eigenvalue weighted by molar-refractivity contribution is 6.08. The predicted molar refractivity (Wildman–Crippen MR) is 150 cm³/mol. The summed E-state index contributed by atoms with van der Waals surface area (Å²) in [5.74, 6) is -5.99. The molecule has 0 saturated heterocycles. The minimum absolute atomic E-state index is 0.0224. The van der Waals surface area contributed by atoms with E-state index in [1.807, 2.05) is 0 Å². The van der Waals surface area contributed by atoms with Crippen molar-refractivity contribution in [2.45, 2.75) is 52.6 Å². The molecule has 0 aliphatic rings. The fourth-order valence-electron chi connectivity index (χ4n) is 3.63. The van der Waals surface area contributed by atoms with Gasteiger partial charge < -0.3 is 35.3 Å². The molecule has 2 aromatic heterocycles. The first-order chi connectivity index (χ1) is 20.8. The van der Waals surface area contributed by atoms with Crippen LogP contribution in [-0.2, 0) is 58.8 Å². The van der Waals surface area contributed by atoms with Gasteiger partial charge in [-0.1, -0.05) is 0 Å². The lowest BCUT2D eigenvalue weighted by Crippen LogP contribution is -2.58. The summed E-state index contributed by atoms with van der Waals surface area (Å²) >= 11 is 0. The molecule has 16 heteroatoms. The summed E-state index contributed by atoms with van der Waals surface area (Å²) in [5, 5.41) is 4.53. The number of rotatable bonds is 12. The van der Waals surface area contributed by atoms with Crippen molar-refractivity contribution < 1.29 is 52.1 Å². The lowest BCUT2D eigenvalue weighted by atomic mass is 9.94. The highest BCUT2D eigenvalue weighted by atomic mass is 19.1. The second-order valence-corrected chi connectivity index (χ2v) is 8.58. The van der Waals surface area contributed by atoms with Gasteiger partial charge in [0, 0.05) is 13.8 Å². The first kappa shape index (κ1) is 36.9. The van der Waals surface area contributed by atoms with Gasteiger partial charge in [-0.15, -0.1) is 0 Å². The van der Waals surface area contributed by atoms with Gasteiger partial charge in [0.25, 0.3) is 11.1 Å². The lowest BCUT2D eigenvalue weighted by molar-refractivity contribution is -0.170. The molecule has 2 heterocycles. The molecule has 0 aliphatic carbocycles. The van der Waals surface area contributed by atoms with Gasteiger partial charge in [-0.25, -0.2) is 23.6 Å². The molecular formula is C28H36FN5O10. The summed E-state index contributed by atoms with van der Waals surface area (Å²) in [6, 6.07) is 4.94. The van der Waals surface area contributed by atoms with Crippen LogP contribution < -0.4 is 16.4 Å². The van der Waals surface area contributed by atoms with Crippen molar-refractivity contribution in [1.29, 1.82) is 0 Å². The smallest absolute Gasteiger partial charge is 0.350 e. The number of aromatic nitrogens is 2. The minimum Gasteiger partial charge on any atom is -0.463 e. The zero-order chi connectivity index (χ0) is 33.5. The van der Waals surface area contributed by atoms with Crippen molar-refractivity contribution in [2.75, 3.05) is 32.2 Å². The number of nitrogens with two attached hydrogens (primary N) is 1. The van der Waals surface area contributed by atoms with Crippen molar-refractivity contribution in [3.63, 3.8) is 0 Å². The third-order valence-corrected chi connectivity index (χ3v) is 5.34. The van der Waals surface area contributed by atoms with Crippen molar-refractivity contribution in [3.8, 4) is 0 Å². The summed E-state index contributed by atoms with van der Waals surface area (Å²) in [6.45, 7) is 8.53. The van der Waals surface area contributed by atoms with Gasteiger partial charge in [0.2, 0.25) is 11.8 Å². The SMILES string of the molecule is CCOC(=O)C(NC(C)=O)(C(=O)OCC)c1ccc(F)cn1.CCOC(=O)C(NC(C)=O)(C(=O)OCC)c1ccc(N)cn1. The molecule has 240 valence electrons. The molecule has 2 amide bonds. The van der Waals surface area contributed by atoms with Crippen LogP contribution in [0.5, 0.6) is 0 Å². The standard InChI is InChI=1S/C14H17FN2O5.C14H19N3O5/c2*1-4-21-12(19)14(17-9(3)18,13(20)22-5-2)11-7-6-10(15)8-16-11/h6-8H,4-5H2,1-3H3,(H,17,18);6-8H,4-5,15H2,1-3H3,(H,17,18). The molecule has 0 bridgehead atoms. The first-order valence-corrected chi connectivity index (χ1v) is 13.4. The molecule has 0 fully saturated rings. The van der Waals surface area contributed by atoms with Gasteiger partial charge in [0.1, 0.15) is 5.82 Å². The van der Waals surface area contributed by atoms with E-state index in [2.05, 4.69) is 20.6 Å².